The molecular weight excluding hydrogens is 316 g/mol. The second kappa shape index (κ2) is 8.60. The van der Waals surface area contributed by atoms with E-state index in [0.29, 0.717) is 6.54 Å². The Kier molecular flexibility index (Phi) is 7.14. The van der Waals surface area contributed by atoms with E-state index in [0.717, 1.165) is 11.3 Å². The molecule has 2 aromatic rings. The van der Waals surface area contributed by atoms with Crippen molar-refractivity contribution in [2.24, 2.45) is 0 Å². The van der Waals surface area contributed by atoms with Crippen molar-refractivity contribution in [2.75, 3.05) is 7.11 Å². The summed E-state index contributed by atoms with van der Waals surface area (Å²) in [5, 5.41) is 3.24. The fraction of sp³-hybridized carbons (Fsp3) is 0.333. The molecule has 7 heteroatoms. The number of hydrogen-bond acceptors (Lipinski definition) is 4. The zero-order valence-corrected chi connectivity index (χ0v) is 13.0. The average molecular weight is 334 g/mol. The summed E-state index contributed by atoms with van der Waals surface area (Å²) in [6.45, 7) is -0.436. The van der Waals surface area contributed by atoms with E-state index in [4.69, 9.17) is 9.15 Å². The lowest BCUT2D eigenvalue weighted by Crippen LogP contribution is -2.17. The lowest BCUT2D eigenvalue weighted by Gasteiger charge is -2.14. The van der Waals surface area contributed by atoms with Gasteiger partial charge in [-0.3, -0.25) is 0 Å². The summed E-state index contributed by atoms with van der Waals surface area (Å²) in [6.07, 6.45) is 1.61. The molecular formula is C15H18ClF2NO3. The quantitative estimate of drug-likeness (QED) is 0.826. The first kappa shape index (κ1) is 18.3. The second-order valence-electron chi connectivity index (χ2n) is 4.48. The van der Waals surface area contributed by atoms with Crippen molar-refractivity contribution in [3.63, 3.8) is 0 Å². The van der Waals surface area contributed by atoms with Gasteiger partial charge in [0.15, 0.2) is 11.5 Å². The Hall–Kier alpha value is -1.79. The molecule has 0 amide bonds. The Morgan fingerprint density at radius 1 is 1.23 bits per heavy atom. The van der Waals surface area contributed by atoms with E-state index in [1.54, 1.807) is 18.4 Å². The number of alkyl halides is 2. The number of ether oxygens (including phenoxy) is 2. The van der Waals surface area contributed by atoms with E-state index in [1.807, 2.05) is 19.1 Å². The third-order valence-electron chi connectivity index (χ3n) is 3.03. The van der Waals surface area contributed by atoms with Gasteiger partial charge in [-0.2, -0.15) is 8.78 Å². The monoisotopic (exact) mass is 333 g/mol. The fourth-order valence-electron chi connectivity index (χ4n) is 1.93. The van der Waals surface area contributed by atoms with Crippen molar-refractivity contribution in [2.45, 2.75) is 26.1 Å². The predicted molar refractivity (Wildman–Crippen MR) is 80.8 cm³/mol. The van der Waals surface area contributed by atoms with Crippen LogP contribution in [-0.4, -0.2) is 13.7 Å². The summed E-state index contributed by atoms with van der Waals surface area (Å²) in [5.74, 6) is 1.11. The zero-order valence-electron chi connectivity index (χ0n) is 12.2. The molecule has 122 valence electrons. The Labute approximate surface area is 133 Å². The minimum absolute atomic E-state index is 0. The molecule has 4 nitrogen and oxygen atoms in total. The number of hydrogen-bond donors (Lipinski definition) is 1. The smallest absolute Gasteiger partial charge is 0.387 e. The van der Waals surface area contributed by atoms with Crippen LogP contribution in [0.1, 0.15) is 24.3 Å². The maximum absolute atomic E-state index is 12.4. The van der Waals surface area contributed by atoms with Gasteiger partial charge in [-0.25, -0.2) is 0 Å². The summed E-state index contributed by atoms with van der Waals surface area (Å²) >= 11 is 0. The molecule has 1 aromatic heterocycles. The van der Waals surface area contributed by atoms with E-state index in [9.17, 15) is 8.78 Å². The van der Waals surface area contributed by atoms with Gasteiger partial charge in [0.1, 0.15) is 5.76 Å². The summed E-state index contributed by atoms with van der Waals surface area (Å²) < 4.78 is 39.5. The highest BCUT2D eigenvalue weighted by molar-refractivity contribution is 5.85. The van der Waals surface area contributed by atoms with E-state index >= 15 is 0 Å². The molecule has 2 rings (SSSR count). The fourth-order valence-corrected chi connectivity index (χ4v) is 1.93. The third kappa shape index (κ3) is 4.89. The minimum atomic E-state index is -2.89. The maximum atomic E-state index is 12.4. The lowest BCUT2D eigenvalue weighted by atomic mass is 10.1. The molecule has 0 bridgehead atoms. The van der Waals surface area contributed by atoms with Crippen LogP contribution >= 0.6 is 12.4 Å². The normalized spacial score (nSPS) is 11.9. The van der Waals surface area contributed by atoms with Crippen LogP contribution in [0.15, 0.2) is 41.0 Å². The largest absolute Gasteiger partial charge is 0.493 e. The number of furan rings is 1. The van der Waals surface area contributed by atoms with Crippen molar-refractivity contribution in [3.8, 4) is 11.5 Å². The molecule has 1 N–H and O–H groups in total. The van der Waals surface area contributed by atoms with Crippen molar-refractivity contribution in [1.82, 2.24) is 5.32 Å². The molecule has 1 aromatic carbocycles. The van der Waals surface area contributed by atoms with E-state index < -0.39 is 6.61 Å². The van der Waals surface area contributed by atoms with Crippen LogP contribution in [0, 0.1) is 0 Å². The van der Waals surface area contributed by atoms with Crippen LogP contribution in [0.25, 0.3) is 0 Å². The molecule has 0 saturated heterocycles. The summed E-state index contributed by atoms with van der Waals surface area (Å²) in [5.41, 5.74) is 0.810. The van der Waals surface area contributed by atoms with Crippen molar-refractivity contribution in [3.05, 3.63) is 47.9 Å². The molecule has 0 saturated carbocycles. The Bertz CT molecular complexity index is 564. The number of benzene rings is 1. The van der Waals surface area contributed by atoms with Gasteiger partial charge in [0.05, 0.1) is 19.4 Å². The molecule has 0 radical (unpaired) electrons. The summed E-state index contributed by atoms with van der Waals surface area (Å²) in [6, 6.07) is 8.63. The van der Waals surface area contributed by atoms with Crippen molar-refractivity contribution in [1.29, 1.82) is 0 Å². The van der Waals surface area contributed by atoms with Gasteiger partial charge >= 0.3 is 6.61 Å². The van der Waals surface area contributed by atoms with Crippen LogP contribution in [0.2, 0.25) is 0 Å². The Morgan fingerprint density at radius 3 is 2.59 bits per heavy atom. The Balaban J connectivity index is 0.00000242. The van der Waals surface area contributed by atoms with Gasteiger partial charge in [-0.15, -0.1) is 12.4 Å². The summed E-state index contributed by atoms with van der Waals surface area (Å²) in [4.78, 5) is 0. The van der Waals surface area contributed by atoms with Gasteiger partial charge in [0, 0.05) is 6.54 Å². The van der Waals surface area contributed by atoms with Crippen LogP contribution in [0.5, 0.6) is 11.5 Å². The van der Waals surface area contributed by atoms with Crippen molar-refractivity contribution >= 4 is 12.4 Å². The Morgan fingerprint density at radius 2 is 2.00 bits per heavy atom. The number of nitrogens with one attached hydrogen (secondary N) is 1. The van der Waals surface area contributed by atoms with E-state index in [1.165, 1.54) is 13.2 Å². The SMILES string of the molecule is COc1ccc(CNC(C)c2ccco2)cc1OC(F)F.Cl. The molecule has 0 spiro atoms. The predicted octanol–water partition coefficient (Wildman–Crippen LogP) is 4.16. The van der Waals surface area contributed by atoms with Crippen LogP contribution in [0.4, 0.5) is 8.78 Å². The summed E-state index contributed by atoms with van der Waals surface area (Å²) in [7, 11) is 1.41. The van der Waals surface area contributed by atoms with Crippen LogP contribution < -0.4 is 14.8 Å². The molecule has 22 heavy (non-hydrogen) atoms. The van der Waals surface area contributed by atoms with E-state index in [-0.39, 0.29) is 29.9 Å². The van der Waals surface area contributed by atoms with Gasteiger partial charge in [-0.05, 0) is 36.8 Å². The molecule has 0 fully saturated rings. The van der Waals surface area contributed by atoms with Gasteiger partial charge in [0.25, 0.3) is 0 Å². The molecule has 1 atom stereocenters. The third-order valence-corrected chi connectivity index (χ3v) is 3.03. The molecule has 0 aliphatic carbocycles. The maximum Gasteiger partial charge on any atom is 0.387 e. The van der Waals surface area contributed by atoms with Gasteiger partial charge in [0.2, 0.25) is 0 Å². The first-order chi connectivity index (χ1) is 10.1. The average Bonchev–Trinajstić information content (AvgIpc) is 2.98. The highest BCUT2D eigenvalue weighted by atomic mass is 35.5. The lowest BCUT2D eigenvalue weighted by molar-refractivity contribution is -0.0512. The minimum Gasteiger partial charge on any atom is -0.493 e. The van der Waals surface area contributed by atoms with E-state index in [2.05, 4.69) is 10.1 Å². The topological polar surface area (TPSA) is 43.6 Å². The zero-order chi connectivity index (χ0) is 15.2. The van der Waals surface area contributed by atoms with Crippen molar-refractivity contribution < 1.29 is 22.7 Å². The van der Waals surface area contributed by atoms with Gasteiger partial charge < -0.3 is 19.2 Å². The highest BCUT2D eigenvalue weighted by Crippen LogP contribution is 2.29. The number of rotatable bonds is 7. The standard InChI is InChI=1S/C15H17F2NO3.ClH/c1-10(12-4-3-7-20-12)18-9-11-5-6-13(19-2)14(8-11)21-15(16)17;/h3-8,10,15,18H,9H2,1-2H3;1H. The molecule has 0 aliphatic heterocycles. The molecule has 1 heterocycles. The molecule has 0 aliphatic rings. The van der Waals surface area contributed by atoms with Gasteiger partial charge in [-0.1, -0.05) is 6.07 Å². The van der Waals surface area contributed by atoms with Crippen LogP contribution in [-0.2, 0) is 6.54 Å². The highest BCUT2D eigenvalue weighted by Gasteiger charge is 2.12. The first-order valence-corrected chi connectivity index (χ1v) is 6.48. The number of methoxy groups -OCH3 is 1. The number of halogens is 3. The molecule has 1 unspecified atom stereocenters. The first-order valence-electron chi connectivity index (χ1n) is 6.48. The van der Waals surface area contributed by atoms with Crippen LogP contribution in [0.3, 0.4) is 0 Å². The second-order valence-corrected chi connectivity index (χ2v) is 4.48.